The lowest BCUT2D eigenvalue weighted by Gasteiger charge is -2.23. The zero-order valence-electron chi connectivity index (χ0n) is 16.0. The number of aliphatic imine (C=N–C) groups is 1. The summed E-state index contributed by atoms with van der Waals surface area (Å²) in [5.74, 6) is 0.864. The Morgan fingerprint density at radius 3 is 2.77 bits per heavy atom. The van der Waals surface area contributed by atoms with Crippen LogP contribution in [0.15, 0.2) is 48.0 Å². The van der Waals surface area contributed by atoms with Gasteiger partial charge in [0.2, 0.25) is 0 Å². The highest BCUT2D eigenvalue weighted by Gasteiger charge is 2.04. The molecule has 0 radical (unpaired) electrons. The summed E-state index contributed by atoms with van der Waals surface area (Å²) < 4.78 is 2.05. The smallest absolute Gasteiger partial charge is 0.191 e. The van der Waals surface area contributed by atoms with Gasteiger partial charge in [0.15, 0.2) is 5.96 Å². The summed E-state index contributed by atoms with van der Waals surface area (Å²) in [6.07, 6.45) is 5.59. The number of benzene rings is 1. The minimum absolute atomic E-state index is 0. The molecule has 0 saturated carbocycles. The van der Waals surface area contributed by atoms with Gasteiger partial charge in [-0.2, -0.15) is 0 Å². The molecule has 0 atom stereocenters. The van der Waals surface area contributed by atoms with Crippen LogP contribution in [0.25, 0.3) is 0 Å². The van der Waals surface area contributed by atoms with Crippen LogP contribution in [0.4, 0.5) is 5.69 Å². The van der Waals surface area contributed by atoms with Crippen molar-refractivity contribution in [3.8, 4) is 0 Å². The Morgan fingerprint density at radius 1 is 1.27 bits per heavy atom. The second kappa shape index (κ2) is 12.6. The number of likely N-dealkylation sites (N-methyl/N-ethyl adjacent to an activating group) is 1. The maximum atomic E-state index is 4.70. The highest BCUT2D eigenvalue weighted by atomic mass is 127. The molecular formula is C19H31IN6. The van der Waals surface area contributed by atoms with Gasteiger partial charge in [-0.15, -0.1) is 24.0 Å². The van der Waals surface area contributed by atoms with Crippen molar-refractivity contribution < 1.29 is 0 Å². The zero-order valence-corrected chi connectivity index (χ0v) is 18.3. The van der Waals surface area contributed by atoms with Gasteiger partial charge in [0.1, 0.15) is 0 Å². The SMILES string of the molecule is CCNC(=NCCN(CC)c1cccc(C)c1)NCCn1ccnc1.I. The third-order valence-corrected chi connectivity index (χ3v) is 3.95. The molecular weight excluding hydrogens is 439 g/mol. The van der Waals surface area contributed by atoms with E-state index < -0.39 is 0 Å². The van der Waals surface area contributed by atoms with Crippen molar-refractivity contribution in [1.29, 1.82) is 0 Å². The Kier molecular flexibility index (Phi) is 10.8. The fourth-order valence-electron chi connectivity index (χ4n) is 2.64. The van der Waals surface area contributed by atoms with E-state index >= 15 is 0 Å². The van der Waals surface area contributed by atoms with Crippen molar-refractivity contribution in [2.75, 3.05) is 37.6 Å². The molecule has 26 heavy (non-hydrogen) atoms. The molecule has 2 N–H and O–H groups in total. The second-order valence-electron chi connectivity index (χ2n) is 5.91. The number of nitrogens with zero attached hydrogens (tertiary/aromatic N) is 4. The second-order valence-corrected chi connectivity index (χ2v) is 5.91. The fraction of sp³-hybridized carbons (Fsp3) is 0.474. The van der Waals surface area contributed by atoms with Crippen LogP contribution in [-0.4, -0.2) is 48.2 Å². The number of aryl methyl sites for hydroxylation is 1. The molecule has 1 heterocycles. The Labute approximate surface area is 174 Å². The minimum Gasteiger partial charge on any atom is -0.370 e. The fourth-order valence-corrected chi connectivity index (χ4v) is 2.64. The van der Waals surface area contributed by atoms with Crippen LogP contribution < -0.4 is 15.5 Å². The number of aromatic nitrogens is 2. The Morgan fingerprint density at radius 2 is 2.12 bits per heavy atom. The molecule has 0 aliphatic rings. The van der Waals surface area contributed by atoms with Gasteiger partial charge in [-0.25, -0.2) is 4.98 Å². The van der Waals surface area contributed by atoms with E-state index in [0.29, 0.717) is 0 Å². The summed E-state index contributed by atoms with van der Waals surface area (Å²) in [6.45, 7) is 11.6. The average molecular weight is 470 g/mol. The van der Waals surface area contributed by atoms with E-state index in [1.807, 2.05) is 17.1 Å². The number of rotatable bonds is 9. The minimum atomic E-state index is 0. The maximum absolute atomic E-state index is 4.70. The lowest BCUT2D eigenvalue weighted by atomic mass is 10.2. The van der Waals surface area contributed by atoms with Crippen LogP contribution >= 0.6 is 24.0 Å². The van der Waals surface area contributed by atoms with Crippen LogP contribution in [-0.2, 0) is 6.54 Å². The number of hydrogen-bond donors (Lipinski definition) is 2. The van der Waals surface area contributed by atoms with Crippen molar-refractivity contribution >= 4 is 35.6 Å². The van der Waals surface area contributed by atoms with Gasteiger partial charge in [-0.3, -0.25) is 4.99 Å². The quantitative estimate of drug-likeness (QED) is 0.336. The van der Waals surface area contributed by atoms with Crippen LogP contribution in [0, 0.1) is 6.92 Å². The zero-order chi connectivity index (χ0) is 17.9. The van der Waals surface area contributed by atoms with Crippen LogP contribution in [0.1, 0.15) is 19.4 Å². The highest BCUT2D eigenvalue weighted by molar-refractivity contribution is 14.0. The molecule has 0 fully saturated rings. The molecule has 0 aliphatic heterocycles. The lowest BCUT2D eigenvalue weighted by Crippen LogP contribution is -2.39. The molecule has 0 unspecified atom stereocenters. The third kappa shape index (κ3) is 7.63. The first kappa shape index (κ1) is 22.3. The van der Waals surface area contributed by atoms with Gasteiger partial charge in [-0.1, -0.05) is 12.1 Å². The molecule has 7 heteroatoms. The monoisotopic (exact) mass is 470 g/mol. The van der Waals surface area contributed by atoms with E-state index in [4.69, 9.17) is 4.99 Å². The lowest BCUT2D eigenvalue weighted by molar-refractivity contribution is 0.661. The summed E-state index contributed by atoms with van der Waals surface area (Å²) in [5.41, 5.74) is 2.55. The molecule has 0 spiro atoms. The Hall–Kier alpha value is -1.77. The standard InChI is InChI=1S/C19H30N6.HI/c1-4-21-19(22-10-13-24-12-9-20-16-24)23-11-14-25(5-2)18-8-6-7-17(3)15-18;/h6-9,12,15-16H,4-5,10-11,13-14H2,1-3H3,(H2,21,22,23);1H. The summed E-state index contributed by atoms with van der Waals surface area (Å²) in [4.78, 5) is 11.1. The van der Waals surface area contributed by atoms with Gasteiger partial charge in [0.05, 0.1) is 12.9 Å². The number of imidazole rings is 1. The number of hydrogen-bond acceptors (Lipinski definition) is 3. The molecule has 0 aliphatic carbocycles. The van der Waals surface area contributed by atoms with E-state index in [0.717, 1.165) is 45.2 Å². The molecule has 2 aromatic rings. The normalized spacial score (nSPS) is 11.0. The molecule has 144 valence electrons. The van der Waals surface area contributed by atoms with Gasteiger partial charge in [0.25, 0.3) is 0 Å². The molecule has 1 aromatic carbocycles. The Bertz CT molecular complexity index is 641. The van der Waals surface area contributed by atoms with Gasteiger partial charge < -0.3 is 20.1 Å². The van der Waals surface area contributed by atoms with Crippen LogP contribution in [0.2, 0.25) is 0 Å². The summed E-state index contributed by atoms with van der Waals surface area (Å²) in [6, 6.07) is 8.62. The summed E-state index contributed by atoms with van der Waals surface area (Å²) in [7, 11) is 0. The summed E-state index contributed by atoms with van der Waals surface area (Å²) >= 11 is 0. The van der Waals surface area contributed by atoms with Crippen LogP contribution in [0.5, 0.6) is 0 Å². The van der Waals surface area contributed by atoms with Gasteiger partial charge >= 0.3 is 0 Å². The molecule has 0 amide bonds. The van der Waals surface area contributed by atoms with E-state index in [2.05, 4.69) is 65.6 Å². The first-order chi connectivity index (χ1) is 12.2. The number of anilines is 1. The number of halogens is 1. The first-order valence-electron chi connectivity index (χ1n) is 9.02. The van der Waals surface area contributed by atoms with Crippen molar-refractivity contribution in [2.45, 2.75) is 27.3 Å². The van der Waals surface area contributed by atoms with Gasteiger partial charge in [0, 0.05) is 50.8 Å². The molecule has 1 aromatic heterocycles. The van der Waals surface area contributed by atoms with E-state index in [1.54, 1.807) is 6.20 Å². The van der Waals surface area contributed by atoms with E-state index in [9.17, 15) is 0 Å². The first-order valence-corrected chi connectivity index (χ1v) is 9.02. The molecule has 0 saturated heterocycles. The van der Waals surface area contributed by atoms with Crippen molar-refractivity contribution in [1.82, 2.24) is 20.2 Å². The molecule has 2 rings (SSSR count). The van der Waals surface area contributed by atoms with Crippen molar-refractivity contribution in [3.05, 3.63) is 48.5 Å². The molecule has 6 nitrogen and oxygen atoms in total. The predicted octanol–water partition coefficient (Wildman–Crippen LogP) is 2.89. The maximum Gasteiger partial charge on any atom is 0.191 e. The highest BCUT2D eigenvalue weighted by Crippen LogP contribution is 2.15. The largest absolute Gasteiger partial charge is 0.370 e. The van der Waals surface area contributed by atoms with E-state index in [1.165, 1.54) is 11.3 Å². The number of nitrogens with one attached hydrogen (secondary N) is 2. The Balaban J connectivity index is 0.00000338. The van der Waals surface area contributed by atoms with Crippen LogP contribution in [0.3, 0.4) is 0 Å². The topological polar surface area (TPSA) is 57.5 Å². The van der Waals surface area contributed by atoms with Gasteiger partial charge in [-0.05, 0) is 38.5 Å². The number of guanidine groups is 1. The summed E-state index contributed by atoms with van der Waals surface area (Å²) in [5, 5.41) is 6.67. The average Bonchev–Trinajstić information content (AvgIpc) is 3.12. The van der Waals surface area contributed by atoms with Crippen molar-refractivity contribution in [3.63, 3.8) is 0 Å². The van der Waals surface area contributed by atoms with Crippen molar-refractivity contribution in [2.24, 2.45) is 4.99 Å². The third-order valence-electron chi connectivity index (χ3n) is 3.95. The molecule has 0 bridgehead atoms. The van der Waals surface area contributed by atoms with E-state index in [-0.39, 0.29) is 24.0 Å². The predicted molar refractivity (Wildman–Crippen MR) is 121 cm³/mol.